The number of fused-ring (bicyclic) bond motifs is 5. The zero-order valence-electron chi connectivity index (χ0n) is 24.1. The van der Waals surface area contributed by atoms with Gasteiger partial charge in [0.15, 0.2) is 0 Å². The Hall–Kier alpha value is -2.47. The molecular weight excluding hydrogens is 472 g/mol. The number of amides is 1. The summed E-state index contributed by atoms with van der Waals surface area (Å²) in [5, 5.41) is 4.33. The second-order valence-corrected chi connectivity index (χ2v) is 12.4. The number of hydrogen-bond acceptors (Lipinski definition) is 5. The summed E-state index contributed by atoms with van der Waals surface area (Å²) in [5.74, 6) is 2.20. The number of oxime groups is 1. The predicted octanol–water partition coefficient (Wildman–Crippen LogP) is 6.80. The number of carbonyl (C=O) groups excluding carboxylic acids is 1. The van der Waals surface area contributed by atoms with Crippen molar-refractivity contribution >= 4 is 17.4 Å². The van der Waals surface area contributed by atoms with Crippen LogP contribution in [0.1, 0.15) is 78.2 Å². The van der Waals surface area contributed by atoms with Crippen LogP contribution in [0.5, 0.6) is 0 Å². The van der Waals surface area contributed by atoms with E-state index in [0.717, 1.165) is 62.4 Å². The fourth-order valence-corrected chi connectivity index (χ4v) is 8.27. The van der Waals surface area contributed by atoms with Gasteiger partial charge >= 0.3 is 6.09 Å². The van der Waals surface area contributed by atoms with Crippen LogP contribution < -0.4 is 0 Å². The van der Waals surface area contributed by atoms with E-state index in [1.807, 2.05) is 12.4 Å². The number of carbonyl (C=O) groups is 1. The quantitative estimate of drug-likeness (QED) is 0.294. The van der Waals surface area contributed by atoms with Crippen molar-refractivity contribution in [1.29, 1.82) is 0 Å². The molecule has 206 valence electrons. The Balaban J connectivity index is 1.24. The molecule has 0 unspecified atom stereocenters. The molecule has 6 heteroatoms. The topological polar surface area (TPSA) is 58.0 Å². The number of pyridine rings is 1. The zero-order chi connectivity index (χ0) is 26.9. The van der Waals surface area contributed by atoms with Crippen molar-refractivity contribution in [3.63, 3.8) is 0 Å². The number of hydrogen-bond donors (Lipinski definition) is 0. The Kier molecular flexibility index (Phi) is 7.82. The van der Waals surface area contributed by atoms with E-state index in [0.29, 0.717) is 6.54 Å². The molecule has 2 fully saturated rings. The van der Waals surface area contributed by atoms with E-state index >= 15 is 0 Å². The van der Waals surface area contributed by atoms with E-state index in [9.17, 15) is 4.79 Å². The number of rotatable bonds is 7. The molecule has 4 aliphatic rings. The van der Waals surface area contributed by atoms with E-state index in [-0.39, 0.29) is 16.9 Å². The molecule has 0 spiro atoms. The van der Waals surface area contributed by atoms with E-state index in [1.54, 1.807) is 11.9 Å². The molecule has 0 saturated heterocycles. The van der Waals surface area contributed by atoms with Crippen molar-refractivity contribution in [2.24, 2.45) is 33.7 Å². The van der Waals surface area contributed by atoms with Gasteiger partial charge in [-0.25, -0.2) is 4.79 Å². The van der Waals surface area contributed by atoms with Gasteiger partial charge in [0, 0.05) is 32.5 Å². The van der Waals surface area contributed by atoms with Gasteiger partial charge in [0.05, 0.1) is 5.71 Å². The standard InChI is InChI=1S/C32H46N4O2/c1-6-36(7-2)20-19-35(5)30(37)38-34-25-14-16-31(3)24(21-25)10-11-26-28-13-12-27(23-9-8-18-33-22-23)32(28,4)17-15-29(26)31/h8-9,12,18,21-22,26,28-29H,6-7,10-11,13-17,19-20H2,1-5H3/t26-,28+,29+,31+,32-/m1/s1. The van der Waals surface area contributed by atoms with E-state index < -0.39 is 0 Å². The minimum absolute atomic E-state index is 0.227. The van der Waals surface area contributed by atoms with Crippen LogP contribution in [-0.4, -0.2) is 59.8 Å². The van der Waals surface area contributed by atoms with Gasteiger partial charge in [-0.05, 0) is 110 Å². The summed E-state index contributed by atoms with van der Waals surface area (Å²) in [4.78, 5) is 26.2. The molecule has 0 radical (unpaired) electrons. The lowest BCUT2D eigenvalue weighted by molar-refractivity contribution is -0.0190. The van der Waals surface area contributed by atoms with Gasteiger partial charge in [-0.3, -0.25) is 9.82 Å². The third-order valence-electron chi connectivity index (χ3n) is 10.7. The van der Waals surface area contributed by atoms with Crippen LogP contribution in [0.4, 0.5) is 4.79 Å². The Labute approximate surface area is 229 Å². The Morgan fingerprint density at radius 1 is 1.11 bits per heavy atom. The summed E-state index contributed by atoms with van der Waals surface area (Å²) in [7, 11) is 1.79. The molecule has 5 rings (SSSR count). The summed E-state index contributed by atoms with van der Waals surface area (Å²) in [6.45, 7) is 12.8. The minimum atomic E-state index is -0.371. The fraction of sp³-hybridized carbons (Fsp3) is 0.656. The molecule has 2 saturated carbocycles. The number of nitrogens with zero attached hydrogens (tertiary/aromatic N) is 4. The third-order valence-corrected chi connectivity index (χ3v) is 10.7. The molecule has 1 aromatic heterocycles. The van der Waals surface area contributed by atoms with Crippen LogP contribution in [-0.2, 0) is 4.84 Å². The molecular formula is C32H46N4O2. The second kappa shape index (κ2) is 11.0. The van der Waals surface area contributed by atoms with Crippen LogP contribution in [0.25, 0.3) is 5.57 Å². The van der Waals surface area contributed by atoms with Crippen molar-refractivity contribution in [2.45, 2.75) is 72.6 Å². The molecule has 0 aliphatic heterocycles. The van der Waals surface area contributed by atoms with Gasteiger partial charge < -0.3 is 9.80 Å². The number of likely N-dealkylation sites (N-methyl/N-ethyl adjacent to an activating group) is 2. The fourth-order valence-electron chi connectivity index (χ4n) is 8.27. The average Bonchev–Trinajstić information content (AvgIpc) is 3.29. The first kappa shape index (κ1) is 27.1. The lowest BCUT2D eigenvalue weighted by Crippen LogP contribution is -2.49. The third kappa shape index (κ3) is 4.85. The summed E-state index contributed by atoms with van der Waals surface area (Å²) in [6.07, 6.45) is 16.4. The highest BCUT2D eigenvalue weighted by Crippen LogP contribution is 2.66. The summed E-state index contributed by atoms with van der Waals surface area (Å²) >= 11 is 0. The van der Waals surface area contributed by atoms with Crippen molar-refractivity contribution in [3.8, 4) is 0 Å². The van der Waals surface area contributed by atoms with Gasteiger partial charge in [0.25, 0.3) is 0 Å². The number of aromatic nitrogens is 1. The lowest BCUT2D eigenvalue weighted by atomic mass is 9.46. The normalized spacial score (nSPS) is 33.2. The SMILES string of the molecule is CCN(CC)CCN(C)C(=O)ON=C1C=C2CC[C@H]3[C@H](CC[C@]4(C)C(c5cccnc5)=CC[C@@H]34)[C@@]2(C)CC1. The summed E-state index contributed by atoms with van der Waals surface area (Å²) in [6, 6.07) is 4.30. The maximum absolute atomic E-state index is 12.5. The highest BCUT2D eigenvalue weighted by molar-refractivity contribution is 5.96. The van der Waals surface area contributed by atoms with Crippen molar-refractivity contribution in [3.05, 3.63) is 47.8 Å². The average molecular weight is 519 g/mol. The molecule has 0 aromatic carbocycles. The van der Waals surface area contributed by atoms with Crippen LogP contribution >= 0.6 is 0 Å². The molecule has 1 amide bonds. The summed E-state index contributed by atoms with van der Waals surface area (Å²) < 4.78 is 0. The first-order valence-electron chi connectivity index (χ1n) is 14.8. The minimum Gasteiger partial charge on any atom is -0.308 e. The van der Waals surface area contributed by atoms with Gasteiger partial charge in [0.2, 0.25) is 0 Å². The van der Waals surface area contributed by atoms with Crippen LogP contribution in [0.2, 0.25) is 0 Å². The van der Waals surface area contributed by atoms with E-state index in [2.05, 4.69) is 67.0 Å². The largest absolute Gasteiger partial charge is 0.435 e. The Morgan fingerprint density at radius 2 is 1.92 bits per heavy atom. The predicted molar refractivity (Wildman–Crippen MR) is 154 cm³/mol. The second-order valence-electron chi connectivity index (χ2n) is 12.4. The highest BCUT2D eigenvalue weighted by atomic mass is 16.7. The van der Waals surface area contributed by atoms with Crippen molar-refractivity contribution < 1.29 is 9.63 Å². The molecule has 4 aliphatic carbocycles. The summed E-state index contributed by atoms with van der Waals surface area (Å²) in [5.41, 5.74) is 5.77. The van der Waals surface area contributed by atoms with E-state index in [1.165, 1.54) is 42.4 Å². The molecule has 0 bridgehead atoms. The molecule has 1 aromatic rings. The number of allylic oxidation sites excluding steroid dienone is 4. The molecule has 6 nitrogen and oxygen atoms in total. The van der Waals surface area contributed by atoms with Crippen molar-refractivity contribution in [1.82, 2.24) is 14.8 Å². The Morgan fingerprint density at radius 3 is 2.66 bits per heavy atom. The van der Waals surface area contributed by atoms with Crippen LogP contribution in [0.3, 0.4) is 0 Å². The highest BCUT2D eigenvalue weighted by Gasteiger charge is 2.57. The van der Waals surface area contributed by atoms with Crippen molar-refractivity contribution in [2.75, 3.05) is 33.2 Å². The van der Waals surface area contributed by atoms with Gasteiger partial charge in [0.1, 0.15) is 0 Å². The molecule has 0 N–H and O–H groups in total. The first-order chi connectivity index (χ1) is 18.3. The molecule has 5 atom stereocenters. The smallest absolute Gasteiger partial charge is 0.308 e. The van der Waals surface area contributed by atoms with Gasteiger partial charge in [-0.15, -0.1) is 0 Å². The van der Waals surface area contributed by atoms with E-state index in [4.69, 9.17) is 4.84 Å². The zero-order valence-corrected chi connectivity index (χ0v) is 24.1. The maximum atomic E-state index is 12.5. The van der Waals surface area contributed by atoms with Gasteiger partial charge in [-0.2, -0.15) is 0 Å². The first-order valence-corrected chi connectivity index (χ1v) is 14.8. The van der Waals surface area contributed by atoms with Crippen LogP contribution in [0.15, 0.2) is 47.4 Å². The Bertz CT molecular complexity index is 1110. The maximum Gasteiger partial charge on any atom is 0.435 e. The monoisotopic (exact) mass is 518 g/mol. The van der Waals surface area contributed by atoms with Gasteiger partial charge in [-0.1, -0.05) is 50.6 Å². The lowest BCUT2D eigenvalue weighted by Gasteiger charge is -2.58. The van der Waals surface area contributed by atoms with Crippen LogP contribution in [0, 0.1) is 28.6 Å². The molecule has 1 heterocycles. The molecule has 38 heavy (non-hydrogen) atoms.